The second-order valence-corrected chi connectivity index (χ2v) is 9.14. The second kappa shape index (κ2) is 9.35. The van der Waals surface area contributed by atoms with Crippen LogP contribution >= 0.6 is 11.6 Å². The monoisotopic (exact) mass is 457 g/mol. The molecule has 1 heterocycles. The lowest BCUT2D eigenvalue weighted by Crippen LogP contribution is -2.32. The van der Waals surface area contributed by atoms with Crippen molar-refractivity contribution in [2.24, 2.45) is 0 Å². The number of rotatable bonds is 6. The number of hydrogen-bond acceptors (Lipinski definition) is 5. The standard InChI is InChI=1S/C25H28ClNO5/c1-25(2,3)16-8-6-15(7-9-16)21-20(23(29)24(30)27(21)12-13-31-4)22(28)18-14-17(26)10-11-19(18)32-5/h6-11,14,21,28H,12-13H2,1-5H3/b22-20+. The number of hydrogen-bond donors (Lipinski definition) is 1. The maximum Gasteiger partial charge on any atom is 0.295 e. The predicted octanol–water partition coefficient (Wildman–Crippen LogP) is 4.71. The Kier molecular flexibility index (Phi) is 6.96. The van der Waals surface area contributed by atoms with E-state index in [9.17, 15) is 14.7 Å². The van der Waals surface area contributed by atoms with Crippen LogP contribution in [0.25, 0.3) is 5.76 Å². The van der Waals surface area contributed by atoms with Crippen molar-refractivity contribution in [1.82, 2.24) is 4.90 Å². The zero-order valence-electron chi connectivity index (χ0n) is 18.9. The van der Waals surface area contributed by atoms with Crippen molar-refractivity contribution >= 4 is 29.1 Å². The molecule has 1 aliphatic rings. The van der Waals surface area contributed by atoms with Gasteiger partial charge < -0.3 is 19.5 Å². The summed E-state index contributed by atoms with van der Waals surface area (Å²) in [5.41, 5.74) is 2.03. The zero-order chi connectivity index (χ0) is 23.6. The van der Waals surface area contributed by atoms with Crippen molar-refractivity contribution in [1.29, 1.82) is 0 Å². The molecule has 3 rings (SSSR count). The third kappa shape index (κ3) is 4.52. The molecule has 0 bridgehead atoms. The van der Waals surface area contributed by atoms with Gasteiger partial charge in [-0.15, -0.1) is 0 Å². The number of Topliss-reactive ketones (excluding diaryl/α,β-unsaturated/α-hetero) is 1. The SMILES string of the molecule is COCCN1C(=O)C(=O)/C(=C(/O)c2cc(Cl)ccc2OC)C1c1ccc(C(C)(C)C)cc1. The molecule has 7 heteroatoms. The van der Waals surface area contributed by atoms with Gasteiger partial charge in [0, 0.05) is 18.7 Å². The Labute approximate surface area is 193 Å². The molecule has 1 unspecified atom stereocenters. The summed E-state index contributed by atoms with van der Waals surface area (Å²) in [6.07, 6.45) is 0. The molecule has 2 aromatic carbocycles. The van der Waals surface area contributed by atoms with Gasteiger partial charge in [-0.3, -0.25) is 9.59 Å². The summed E-state index contributed by atoms with van der Waals surface area (Å²) in [5.74, 6) is -1.43. The number of halogens is 1. The van der Waals surface area contributed by atoms with E-state index in [1.54, 1.807) is 12.1 Å². The number of ketones is 1. The van der Waals surface area contributed by atoms with Gasteiger partial charge in [-0.05, 0) is 34.7 Å². The van der Waals surface area contributed by atoms with Gasteiger partial charge in [0.15, 0.2) is 0 Å². The van der Waals surface area contributed by atoms with Gasteiger partial charge in [0.2, 0.25) is 0 Å². The summed E-state index contributed by atoms with van der Waals surface area (Å²) in [6, 6.07) is 11.7. The molecule has 0 radical (unpaired) electrons. The highest BCUT2D eigenvalue weighted by atomic mass is 35.5. The molecule has 0 aliphatic carbocycles. The maximum absolute atomic E-state index is 13.1. The molecule has 0 saturated carbocycles. The van der Waals surface area contributed by atoms with Crippen LogP contribution in [0.5, 0.6) is 5.75 Å². The molecule has 1 amide bonds. The molecule has 2 aromatic rings. The van der Waals surface area contributed by atoms with Gasteiger partial charge in [-0.2, -0.15) is 0 Å². The third-order valence-electron chi connectivity index (χ3n) is 5.59. The number of likely N-dealkylation sites (tertiary alicyclic amines) is 1. The predicted molar refractivity (Wildman–Crippen MR) is 124 cm³/mol. The fraction of sp³-hybridized carbons (Fsp3) is 0.360. The Morgan fingerprint density at radius 2 is 1.75 bits per heavy atom. The summed E-state index contributed by atoms with van der Waals surface area (Å²) in [4.78, 5) is 27.4. The van der Waals surface area contributed by atoms with E-state index in [1.165, 1.54) is 25.2 Å². The number of benzene rings is 2. The minimum absolute atomic E-state index is 0.00446. The van der Waals surface area contributed by atoms with E-state index >= 15 is 0 Å². The van der Waals surface area contributed by atoms with Crippen LogP contribution in [-0.4, -0.2) is 49.1 Å². The molecule has 1 saturated heterocycles. The zero-order valence-corrected chi connectivity index (χ0v) is 19.7. The van der Waals surface area contributed by atoms with Crippen LogP contribution in [-0.2, 0) is 19.7 Å². The highest BCUT2D eigenvalue weighted by molar-refractivity contribution is 6.46. The summed E-state index contributed by atoms with van der Waals surface area (Å²) < 4.78 is 10.5. The lowest BCUT2D eigenvalue weighted by molar-refractivity contribution is -0.140. The van der Waals surface area contributed by atoms with E-state index in [0.717, 1.165) is 11.1 Å². The van der Waals surface area contributed by atoms with E-state index in [-0.39, 0.29) is 35.5 Å². The minimum Gasteiger partial charge on any atom is -0.507 e. The fourth-order valence-electron chi connectivity index (χ4n) is 3.82. The molecular formula is C25H28ClNO5. The molecule has 170 valence electrons. The Hall–Kier alpha value is -2.83. The van der Waals surface area contributed by atoms with Crippen LogP contribution in [0.15, 0.2) is 48.0 Å². The van der Waals surface area contributed by atoms with Crippen LogP contribution < -0.4 is 4.74 Å². The van der Waals surface area contributed by atoms with Gasteiger partial charge in [0.05, 0.1) is 30.9 Å². The van der Waals surface area contributed by atoms with E-state index in [2.05, 4.69) is 20.8 Å². The van der Waals surface area contributed by atoms with Crippen molar-refractivity contribution in [3.63, 3.8) is 0 Å². The van der Waals surface area contributed by atoms with Gasteiger partial charge >= 0.3 is 0 Å². The number of amides is 1. The number of aliphatic hydroxyl groups is 1. The first-order valence-corrected chi connectivity index (χ1v) is 10.7. The number of methoxy groups -OCH3 is 2. The molecule has 1 N–H and O–H groups in total. The van der Waals surface area contributed by atoms with Crippen molar-refractivity contribution in [2.45, 2.75) is 32.2 Å². The highest BCUT2D eigenvalue weighted by Gasteiger charge is 2.46. The van der Waals surface area contributed by atoms with E-state index in [1.807, 2.05) is 24.3 Å². The van der Waals surface area contributed by atoms with Gasteiger partial charge in [0.1, 0.15) is 11.5 Å². The van der Waals surface area contributed by atoms with Gasteiger partial charge in [-0.1, -0.05) is 56.6 Å². The van der Waals surface area contributed by atoms with Crippen LogP contribution in [0, 0.1) is 0 Å². The summed E-state index contributed by atoms with van der Waals surface area (Å²) in [7, 11) is 2.99. The maximum atomic E-state index is 13.1. The largest absolute Gasteiger partial charge is 0.507 e. The number of ether oxygens (including phenoxy) is 2. The molecular weight excluding hydrogens is 430 g/mol. The van der Waals surface area contributed by atoms with Crippen LogP contribution in [0.1, 0.15) is 43.5 Å². The summed E-state index contributed by atoms with van der Waals surface area (Å²) in [6.45, 7) is 6.79. The van der Waals surface area contributed by atoms with Gasteiger partial charge in [0.25, 0.3) is 11.7 Å². The Morgan fingerprint density at radius 1 is 1.09 bits per heavy atom. The van der Waals surface area contributed by atoms with Crippen molar-refractivity contribution in [3.8, 4) is 5.75 Å². The number of aliphatic hydroxyl groups excluding tert-OH is 1. The van der Waals surface area contributed by atoms with E-state index in [0.29, 0.717) is 10.8 Å². The van der Waals surface area contributed by atoms with Gasteiger partial charge in [-0.25, -0.2) is 0 Å². The van der Waals surface area contributed by atoms with E-state index < -0.39 is 17.7 Å². The average Bonchev–Trinajstić information content (AvgIpc) is 3.01. The highest BCUT2D eigenvalue weighted by Crippen LogP contribution is 2.41. The molecule has 32 heavy (non-hydrogen) atoms. The number of carbonyl (C=O) groups excluding carboxylic acids is 2. The van der Waals surface area contributed by atoms with Crippen LogP contribution in [0.4, 0.5) is 0 Å². The topological polar surface area (TPSA) is 76.1 Å². The first-order valence-electron chi connectivity index (χ1n) is 10.3. The van der Waals surface area contributed by atoms with Crippen molar-refractivity contribution in [2.75, 3.05) is 27.4 Å². The van der Waals surface area contributed by atoms with E-state index in [4.69, 9.17) is 21.1 Å². The van der Waals surface area contributed by atoms with Crippen LogP contribution in [0.3, 0.4) is 0 Å². The molecule has 6 nitrogen and oxygen atoms in total. The number of carbonyl (C=O) groups is 2. The quantitative estimate of drug-likeness (QED) is 0.386. The average molecular weight is 458 g/mol. The smallest absolute Gasteiger partial charge is 0.295 e. The molecule has 1 aliphatic heterocycles. The third-order valence-corrected chi connectivity index (χ3v) is 5.82. The molecule has 1 atom stereocenters. The lowest BCUT2D eigenvalue weighted by Gasteiger charge is -2.26. The Balaban J connectivity index is 2.20. The van der Waals surface area contributed by atoms with Crippen molar-refractivity contribution < 1.29 is 24.2 Å². The summed E-state index contributed by atoms with van der Waals surface area (Å²) >= 11 is 6.13. The molecule has 0 spiro atoms. The summed E-state index contributed by atoms with van der Waals surface area (Å²) in [5, 5.41) is 11.6. The lowest BCUT2D eigenvalue weighted by atomic mass is 9.85. The second-order valence-electron chi connectivity index (χ2n) is 8.70. The minimum atomic E-state index is -0.761. The first-order chi connectivity index (χ1) is 15.1. The Bertz CT molecular complexity index is 1050. The first kappa shape index (κ1) is 23.8. The number of nitrogens with zero attached hydrogens (tertiary/aromatic N) is 1. The van der Waals surface area contributed by atoms with Crippen LogP contribution in [0.2, 0.25) is 5.02 Å². The Morgan fingerprint density at radius 3 is 2.31 bits per heavy atom. The molecule has 1 fully saturated rings. The normalized spacial score (nSPS) is 18.3. The van der Waals surface area contributed by atoms with Crippen molar-refractivity contribution in [3.05, 3.63) is 69.8 Å². The molecule has 0 aromatic heterocycles. The fourth-order valence-corrected chi connectivity index (χ4v) is 3.99.